The molecule has 0 unspecified atom stereocenters. The minimum Gasteiger partial charge on any atom is -0.470 e. The average molecular weight is 1140 g/mol. The van der Waals surface area contributed by atoms with Crippen molar-refractivity contribution in [2.24, 2.45) is 22.2 Å². The lowest BCUT2D eigenvalue weighted by Crippen LogP contribution is -2.34. The Balaban J connectivity index is 1.40. The van der Waals surface area contributed by atoms with Crippen molar-refractivity contribution in [3.63, 3.8) is 0 Å². The van der Waals surface area contributed by atoms with E-state index >= 15 is 0 Å². The topological polar surface area (TPSA) is 247 Å². The molecule has 0 aromatic rings. The van der Waals surface area contributed by atoms with Crippen molar-refractivity contribution in [1.29, 1.82) is 10.5 Å². The molecule has 0 N–H and O–H groups in total. The molecule has 0 saturated carbocycles. The SMILES string of the molecule is [C-]#[N+]/C(C(=O)OCC(COC(=O)/C(C#N)=C1\CC(C)(C)CC(N2CCCC2)=C1C(=O)OCCOC)COC(=O)/C(C#N)=C1\CC(C)(C)CC(N2CCCC2)=C1C(=O)OCCOC)=C1/CC(C)(C)CC(N2CCCC2)=C1C(=O)OCCOC. The first-order valence-corrected chi connectivity index (χ1v) is 28.5. The Morgan fingerprint density at radius 3 is 1.05 bits per heavy atom. The van der Waals surface area contributed by atoms with Crippen molar-refractivity contribution in [3.8, 4) is 12.1 Å². The first-order chi connectivity index (χ1) is 39.1. The Morgan fingerprint density at radius 2 is 0.756 bits per heavy atom. The van der Waals surface area contributed by atoms with E-state index in [-0.39, 0.29) is 92.3 Å². The van der Waals surface area contributed by atoms with Crippen molar-refractivity contribution in [3.05, 3.63) is 78.8 Å². The van der Waals surface area contributed by atoms with Crippen LogP contribution in [0.25, 0.3) is 4.85 Å². The second kappa shape index (κ2) is 29.3. The molecule has 0 radical (unpaired) electrons. The highest BCUT2D eigenvalue weighted by molar-refractivity contribution is 6.03. The van der Waals surface area contributed by atoms with E-state index in [2.05, 4.69) is 19.5 Å². The molecule has 0 spiro atoms. The van der Waals surface area contributed by atoms with Crippen LogP contribution in [0.2, 0.25) is 0 Å². The summed E-state index contributed by atoms with van der Waals surface area (Å²) in [7, 11) is 4.41. The predicted molar refractivity (Wildman–Crippen MR) is 296 cm³/mol. The van der Waals surface area contributed by atoms with Gasteiger partial charge in [0.1, 0.15) is 56.3 Å². The third-order valence-electron chi connectivity index (χ3n) is 15.5. The molecule has 3 aliphatic carbocycles. The van der Waals surface area contributed by atoms with Gasteiger partial charge in [-0.2, -0.15) is 10.5 Å². The average Bonchev–Trinajstić information content (AvgIpc) is 2.50. The summed E-state index contributed by atoms with van der Waals surface area (Å²) < 4.78 is 50.0. The Kier molecular flexibility index (Phi) is 22.9. The standard InChI is InChI=1S/C61H82N6O15/c1-59(2)29-41(49(55(70)77-26-23-74-8)46(32-59)65-17-11-12-18-65)44(35-62)53(68)80-37-40(38-81-54(69)45(36-63)42-30-60(3,4)33-47(66-19-13-14-20-66)50(42)56(71)78-27-24-75-9)39-82-58(73)52(64-7)43-31-61(5,6)34-48(67-21-15-16-22-67)51(43)57(72)79-28-25-76-10/h40H,11-34,37-39H2,1-6,8-10H3/b44-41+,45-42+,52-43-. The van der Waals surface area contributed by atoms with Crippen molar-refractivity contribution in [2.75, 3.05) is 120 Å². The molecule has 21 nitrogen and oxygen atoms in total. The van der Waals surface area contributed by atoms with Crippen LogP contribution in [-0.4, -0.2) is 171 Å². The molecule has 82 heavy (non-hydrogen) atoms. The number of carbonyl (C=O) groups is 6. The number of allylic oxidation sites excluding steroid dienone is 3. The molecule has 3 fully saturated rings. The predicted octanol–water partition coefficient (Wildman–Crippen LogP) is 7.12. The zero-order valence-electron chi connectivity index (χ0n) is 49.5. The zero-order chi connectivity index (χ0) is 59.8. The Hall–Kier alpha value is -6.99. The molecule has 0 atom stereocenters. The monoisotopic (exact) mass is 1140 g/mol. The highest BCUT2D eigenvalue weighted by Crippen LogP contribution is 2.48. The van der Waals surface area contributed by atoms with Crippen LogP contribution in [0.5, 0.6) is 0 Å². The molecule has 446 valence electrons. The lowest BCUT2D eigenvalue weighted by molar-refractivity contribution is -0.148. The number of likely N-dealkylation sites (tertiary alicyclic amines) is 3. The van der Waals surface area contributed by atoms with Crippen LogP contribution in [0.1, 0.15) is 119 Å². The van der Waals surface area contributed by atoms with Gasteiger partial charge in [-0.15, -0.1) is 0 Å². The lowest BCUT2D eigenvalue weighted by atomic mass is 9.72. The minimum atomic E-state index is -1.21. The molecule has 0 aromatic heterocycles. The Morgan fingerprint density at radius 1 is 0.463 bits per heavy atom. The number of hydrogen-bond acceptors (Lipinski definition) is 20. The fourth-order valence-electron chi connectivity index (χ4n) is 11.7. The Bertz CT molecular complexity index is 2460. The number of carbonyl (C=O) groups excluding carboxylic acids is 6. The largest absolute Gasteiger partial charge is 0.470 e. The lowest BCUT2D eigenvalue weighted by Gasteiger charge is -2.38. The maximum absolute atomic E-state index is 14.5. The molecule has 6 aliphatic rings. The second-order valence-corrected chi connectivity index (χ2v) is 24.0. The van der Waals surface area contributed by atoms with Crippen molar-refractivity contribution in [2.45, 2.75) is 119 Å². The van der Waals surface area contributed by atoms with Gasteiger partial charge in [0.05, 0.1) is 55.6 Å². The van der Waals surface area contributed by atoms with E-state index in [9.17, 15) is 39.3 Å². The molecule has 6 rings (SSSR count). The summed E-state index contributed by atoms with van der Waals surface area (Å²) in [5.41, 5.74) is -0.220. The highest BCUT2D eigenvalue weighted by atomic mass is 16.6. The summed E-state index contributed by atoms with van der Waals surface area (Å²) >= 11 is 0. The van der Waals surface area contributed by atoms with Gasteiger partial charge < -0.3 is 57.3 Å². The summed E-state index contributed by atoms with van der Waals surface area (Å²) in [5.74, 6) is -6.73. The van der Waals surface area contributed by atoms with Crippen LogP contribution in [0.4, 0.5) is 0 Å². The normalized spacial score (nSPS) is 21.3. The zero-order valence-corrected chi connectivity index (χ0v) is 49.5. The smallest absolute Gasteiger partial charge is 0.349 e. The summed E-state index contributed by atoms with van der Waals surface area (Å²) in [5, 5.41) is 21.6. The first kappa shape index (κ1) is 64.2. The Labute approximate surface area is 482 Å². The van der Waals surface area contributed by atoms with Gasteiger partial charge in [0.15, 0.2) is 0 Å². The van der Waals surface area contributed by atoms with E-state index in [0.717, 1.165) is 38.5 Å². The molecule has 3 heterocycles. The summed E-state index contributed by atoms with van der Waals surface area (Å²) in [6.07, 6.45) is 7.11. The number of rotatable bonds is 24. The van der Waals surface area contributed by atoms with E-state index < -0.39 is 94.6 Å². The molecule has 3 aliphatic heterocycles. The minimum absolute atomic E-state index is 0.0744. The fourth-order valence-corrected chi connectivity index (χ4v) is 11.7. The van der Waals surface area contributed by atoms with E-state index in [4.69, 9.17) is 49.2 Å². The molecule has 3 saturated heterocycles. The van der Waals surface area contributed by atoms with Gasteiger partial charge in [0, 0.05) is 77.7 Å². The quantitative estimate of drug-likeness (QED) is 0.0233. The summed E-state index contributed by atoms with van der Waals surface area (Å²) in [4.78, 5) is 95.5. The van der Waals surface area contributed by atoms with Crippen molar-refractivity contribution >= 4 is 35.8 Å². The third-order valence-corrected chi connectivity index (χ3v) is 15.5. The summed E-state index contributed by atoms with van der Waals surface area (Å²) in [6.45, 7) is 22.4. The molecular weight excluding hydrogens is 1060 g/mol. The fraction of sp³-hybridized carbons (Fsp3) is 0.656. The van der Waals surface area contributed by atoms with Crippen LogP contribution < -0.4 is 0 Å². The van der Waals surface area contributed by atoms with E-state index in [0.29, 0.717) is 75.6 Å². The first-order valence-electron chi connectivity index (χ1n) is 28.5. The molecule has 0 aromatic carbocycles. The number of nitriles is 2. The summed E-state index contributed by atoms with van der Waals surface area (Å²) in [6, 6.07) is 3.99. The van der Waals surface area contributed by atoms with Crippen LogP contribution in [0.3, 0.4) is 0 Å². The van der Waals surface area contributed by atoms with Crippen molar-refractivity contribution in [1.82, 2.24) is 14.7 Å². The van der Waals surface area contributed by atoms with E-state index in [1.165, 1.54) is 21.3 Å². The maximum Gasteiger partial charge on any atom is 0.349 e. The van der Waals surface area contributed by atoms with Gasteiger partial charge in [-0.3, -0.25) is 4.79 Å². The van der Waals surface area contributed by atoms with Gasteiger partial charge in [-0.25, -0.2) is 28.8 Å². The van der Waals surface area contributed by atoms with Gasteiger partial charge in [0.2, 0.25) is 0 Å². The van der Waals surface area contributed by atoms with Gasteiger partial charge in [-0.05, 0) is 110 Å². The molecule has 0 bridgehead atoms. The van der Waals surface area contributed by atoms with Crippen molar-refractivity contribution < 1.29 is 71.4 Å². The van der Waals surface area contributed by atoms with E-state index in [1.807, 2.05) is 53.7 Å². The van der Waals surface area contributed by atoms with Crippen LogP contribution in [0.15, 0.2) is 67.4 Å². The van der Waals surface area contributed by atoms with E-state index in [1.54, 1.807) is 0 Å². The third kappa shape index (κ3) is 16.4. The van der Waals surface area contributed by atoms with Gasteiger partial charge >= 0.3 is 35.8 Å². The van der Waals surface area contributed by atoms with Gasteiger partial charge in [-0.1, -0.05) is 41.5 Å². The van der Waals surface area contributed by atoms with Crippen LogP contribution in [-0.2, 0) is 71.4 Å². The number of esters is 6. The van der Waals surface area contributed by atoms with Crippen LogP contribution in [0, 0.1) is 51.4 Å². The number of ether oxygens (including phenoxy) is 9. The number of methoxy groups -OCH3 is 3. The number of nitrogens with zero attached hydrogens (tertiary/aromatic N) is 6. The second-order valence-electron chi connectivity index (χ2n) is 24.0. The molecular formula is C61H82N6O15. The maximum atomic E-state index is 14.5. The van der Waals surface area contributed by atoms with Crippen LogP contribution >= 0.6 is 0 Å². The highest BCUT2D eigenvalue weighted by Gasteiger charge is 2.44. The van der Waals surface area contributed by atoms with Gasteiger partial charge in [0.25, 0.3) is 5.70 Å². The molecule has 0 amide bonds. The number of hydrogen-bond donors (Lipinski definition) is 0. The molecule has 21 heteroatoms.